The van der Waals surface area contributed by atoms with Crippen LogP contribution in [0.25, 0.3) is 0 Å². The molecule has 1 aromatic carbocycles. The van der Waals surface area contributed by atoms with Gasteiger partial charge in [-0.05, 0) is 60.7 Å². The lowest BCUT2D eigenvalue weighted by Crippen LogP contribution is -2.33. The predicted molar refractivity (Wildman–Crippen MR) is 96.2 cm³/mol. The molecule has 132 valence electrons. The Morgan fingerprint density at radius 2 is 1.88 bits per heavy atom. The molecular formula is C18H21N3O3S. The largest absolute Gasteiger partial charge is 0.324 e. The van der Waals surface area contributed by atoms with Crippen LogP contribution in [0, 0.1) is 5.92 Å². The molecule has 1 aromatic heterocycles. The van der Waals surface area contributed by atoms with Crippen LogP contribution in [-0.2, 0) is 16.3 Å². The maximum absolute atomic E-state index is 12.4. The molecule has 0 radical (unpaired) electrons. The number of nitrogens with one attached hydrogen (secondary N) is 1. The summed E-state index contributed by atoms with van der Waals surface area (Å²) in [5.74, 6) is 0.445. The molecule has 1 saturated heterocycles. The lowest BCUT2D eigenvalue weighted by atomic mass is 10.00. The van der Waals surface area contributed by atoms with Crippen molar-refractivity contribution in [3.05, 3.63) is 54.4 Å². The Bertz CT molecular complexity index is 836. The zero-order valence-electron chi connectivity index (χ0n) is 14.1. The van der Waals surface area contributed by atoms with Crippen molar-refractivity contribution in [3.8, 4) is 0 Å². The summed E-state index contributed by atoms with van der Waals surface area (Å²) in [5.41, 5.74) is 1.83. The van der Waals surface area contributed by atoms with E-state index >= 15 is 0 Å². The van der Waals surface area contributed by atoms with Crippen LogP contribution in [0.4, 0.5) is 10.5 Å². The van der Waals surface area contributed by atoms with Gasteiger partial charge in [0.1, 0.15) is 0 Å². The van der Waals surface area contributed by atoms with Crippen molar-refractivity contribution >= 4 is 21.6 Å². The summed E-state index contributed by atoms with van der Waals surface area (Å²) >= 11 is 0. The van der Waals surface area contributed by atoms with Crippen molar-refractivity contribution in [2.75, 3.05) is 24.7 Å². The van der Waals surface area contributed by atoms with Gasteiger partial charge in [0.2, 0.25) is 0 Å². The molecule has 0 saturated carbocycles. The van der Waals surface area contributed by atoms with Gasteiger partial charge in [-0.2, -0.15) is 0 Å². The van der Waals surface area contributed by atoms with Gasteiger partial charge in [-0.25, -0.2) is 13.2 Å². The van der Waals surface area contributed by atoms with E-state index in [9.17, 15) is 13.2 Å². The number of nitrogens with zero attached hydrogens (tertiary/aromatic N) is 2. The number of amides is 2. The van der Waals surface area contributed by atoms with Crippen LogP contribution in [0.15, 0.2) is 53.7 Å². The molecule has 7 heteroatoms. The third-order valence-electron chi connectivity index (χ3n) is 4.38. The predicted octanol–water partition coefficient (Wildman–Crippen LogP) is 2.58. The highest BCUT2D eigenvalue weighted by molar-refractivity contribution is 7.90. The highest BCUT2D eigenvalue weighted by Gasteiger charge is 2.26. The summed E-state index contributed by atoms with van der Waals surface area (Å²) in [7, 11) is -3.23. The standard InChI is InChI=1S/C18H21N3O3S/c1-25(23,24)17-4-2-16(3-5-17)20-18(22)21-11-8-15(13-21)12-14-6-9-19-10-7-14/h2-7,9-10,15H,8,11-13H2,1H3,(H,20,22). The fourth-order valence-corrected chi connectivity index (χ4v) is 3.65. The van der Waals surface area contributed by atoms with Crippen molar-refractivity contribution in [2.24, 2.45) is 5.92 Å². The molecule has 1 aliphatic rings. The molecule has 0 spiro atoms. The second-order valence-electron chi connectivity index (χ2n) is 6.39. The number of aromatic nitrogens is 1. The minimum atomic E-state index is -3.23. The second kappa shape index (κ2) is 7.23. The molecule has 2 amide bonds. The third-order valence-corrected chi connectivity index (χ3v) is 5.51. The lowest BCUT2D eigenvalue weighted by Gasteiger charge is -2.17. The van der Waals surface area contributed by atoms with Crippen LogP contribution in [0.1, 0.15) is 12.0 Å². The number of likely N-dealkylation sites (tertiary alicyclic amines) is 1. The van der Waals surface area contributed by atoms with Gasteiger partial charge >= 0.3 is 6.03 Å². The number of sulfone groups is 1. The minimum absolute atomic E-state index is 0.149. The number of hydrogen-bond acceptors (Lipinski definition) is 4. The average molecular weight is 359 g/mol. The molecule has 0 bridgehead atoms. The van der Waals surface area contributed by atoms with Gasteiger partial charge in [0.25, 0.3) is 0 Å². The summed E-state index contributed by atoms with van der Waals surface area (Å²) in [6.45, 7) is 1.44. The molecule has 25 heavy (non-hydrogen) atoms. The molecular weight excluding hydrogens is 338 g/mol. The number of carbonyl (C=O) groups excluding carboxylic acids is 1. The Morgan fingerprint density at radius 3 is 2.52 bits per heavy atom. The van der Waals surface area contributed by atoms with Gasteiger partial charge in [0, 0.05) is 37.4 Å². The van der Waals surface area contributed by atoms with Crippen LogP contribution in [-0.4, -0.2) is 43.7 Å². The number of anilines is 1. The van der Waals surface area contributed by atoms with Crippen molar-refractivity contribution in [1.82, 2.24) is 9.88 Å². The first kappa shape index (κ1) is 17.4. The van der Waals surface area contributed by atoms with E-state index in [1.165, 1.54) is 17.7 Å². The smallest absolute Gasteiger partial charge is 0.321 e. The minimum Gasteiger partial charge on any atom is -0.324 e. The molecule has 1 N–H and O–H groups in total. The summed E-state index contributed by atoms with van der Waals surface area (Å²) in [6.07, 6.45) is 6.65. The highest BCUT2D eigenvalue weighted by Crippen LogP contribution is 2.22. The third kappa shape index (κ3) is 4.57. The summed E-state index contributed by atoms with van der Waals surface area (Å²) in [4.78, 5) is 18.4. The van der Waals surface area contributed by atoms with Crippen molar-refractivity contribution < 1.29 is 13.2 Å². The number of urea groups is 1. The van der Waals surface area contributed by atoms with Crippen molar-refractivity contribution in [3.63, 3.8) is 0 Å². The van der Waals surface area contributed by atoms with Crippen LogP contribution in [0.5, 0.6) is 0 Å². The van der Waals surface area contributed by atoms with E-state index < -0.39 is 9.84 Å². The van der Waals surface area contributed by atoms with E-state index in [0.29, 0.717) is 11.6 Å². The lowest BCUT2D eigenvalue weighted by molar-refractivity contribution is 0.221. The summed E-state index contributed by atoms with van der Waals surface area (Å²) in [5, 5.41) is 2.83. The molecule has 6 nitrogen and oxygen atoms in total. The molecule has 2 heterocycles. The Balaban J connectivity index is 1.55. The molecule has 3 rings (SSSR count). The SMILES string of the molecule is CS(=O)(=O)c1ccc(NC(=O)N2CCC(Cc3ccncc3)C2)cc1. The van der Waals surface area contributed by atoms with Gasteiger partial charge in [-0.15, -0.1) is 0 Å². The molecule has 1 atom stereocenters. The summed E-state index contributed by atoms with van der Waals surface area (Å²) in [6, 6.07) is 10.1. The van der Waals surface area contributed by atoms with Gasteiger partial charge in [0.15, 0.2) is 9.84 Å². The highest BCUT2D eigenvalue weighted by atomic mass is 32.2. The quantitative estimate of drug-likeness (QED) is 0.910. The maximum Gasteiger partial charge on any atom is 0.321 e. The molecule has 1 fully saturated rings. The van der Waals surface area contributed by atoms with Crippen LogP contribution < -0.4 is 5.32 Å². The fourth-order valence-electron chi connectivity index (χ4n) is 3.02. The molecule has 1 unspecified atom stereocenters. The Labute approximate surface area is 147 Å². The zero-order chi connectivity index (χ0) is 17.9. The van der Waals surface area contributed by atoms with E-state index in [2.05, 4.69) is 10.3 Å². The topological polar surface area (TPSA) is 79.4 Å². The number of pyridine rings is 1. The summed E-state index contributed by atoms with van der Waals surface area (Å²) < 4.78 is 22.9. The van der Waals surface area contributed by atoms with E-state index in [0.717, 1.165) is 32.2 Å². The molecule has 0 aliphatic carbocycles. The van der Waals surface area contributed by atoms with Crippen LogP contribution in [0.2, 0.25) is 0 Å². The molecule has 1 aliphatic heterocycles. The van der Waals surface area contributed by atoms with E-state index in [4.69, 9.17) is 0 Å². The Hall–Kier alpha value is -2.41. The van der Waals surface area contributed by atoms with Crippen molar-refractivity contribution in [2.45, 2.75) is 17.7 Å². The van der Waals surface area contributed by atoms with Gasteiger partial charge in [0.05, 0.1) is 4.90 Å². The van der Waals surface area contributed by atoms with Crippen LogP contribution >= 0.6 is 0 Å². The first-order valence-electron chi connectivity index (χ1n) is 8.17. The maximum atomic E-state index is 12.4. The van der Waals surface area contributed by atoms with E-state index in [1.807, 2.05) is 12.1 Å². The van der Waals surface area contributed by atoms with Crippen molar-refractivity contribution in [1.29, 1.82) is 0 Å². The normalized spacial score (nSPS) is 17.5. The van der Waals surface area contributed by atoms with E-state index in [1.54, 1.807) is 29.4 Å². The van der Waals surface area contributed by atoms with Gasteiger partial charge < -0.3 is 10.2 Å². The van der Waals surface area contributed by atoms with E-state index in [-0.39, 0.29) is 10.9 Å². The van der Waals surface area contributed by atoms with Gasteiger partial charge in [-0.1, -0.05) is 0 Å². The molecule has 2 aromatic rings. The number of rotatable bonds is 4. The number of hydrogen-bond donors (Lipinski definition) is 1. The Kier molecular flexibility index (Phi) is 5.03. The first-order valence-corrected chi connectivity index (χ1v) is 10.1. The number of carbonyl (C=O) groups is 1. The number of benzene rings is 1. The monoisotopic (exact) mass is 359 g/mol. The van der Waals surface area contributed by atoms with Crippen LogP contribution in [0.3, 0.4) is 0 Å². The van der Waals surface area contributed by atoms with Gasteiger partial charge in [-0.3, -0.25) is 4.98 Å². The second-order valence-corrected chi connectivity index (χ2v) is 8.40. The first-order chi connectivity index (χ1) is 11.9. The Morgan fingerprint density at radius 1 is 1.20 bits per heavy atom. The fraction of sp³-hybridized carbons (Fsp3) is 0.333. The zero-order valence-corrected chi connectivity index (χ0v) is 14.9. The average Bonchev–Trinajstić information content (AvgIpc) is 3.04.